The summed E-state index contributed by atoms with van der Waals surface area (Å²) in [7, 11) is -4.30. The van der Waals surface area contributed by atoms with Crippen molar-refractivity contribution in [2.75, 3.05) is 5.17 Å². The Bertz CT molecular complexity index is 472. The van der Waals surface area contributed by atoms with Gasteiger partial charge in [0.2, 0.25) is 0 Å². The van der Waals surface area contributed by atoms with Crippen molar-refractivity contribution in [2.45, 2.75) is 0 Å². The van der Waals surface area contributed by atoms with E-state index in [1.165, 1.54) is 0 Å². The second-order valence-electron chi connectivity index (χ2n) is 2.52. The highest BCUT2D eigenvalue weighted by Crippen LogP contribution is 2.25. The molecule has 9 heteroatoms. The molecule has 1 aliphatic rings. The Kier molecular flexibility index (Phi) is 2.31. The zero-order valence-corrected chi connectivity index (χ0v) is 7.79. The van der Waals surface area contributed by atoms with E-state index >= 15 is 0 Å². The molecule has 6 nitrogen and oxygen atoms in total. The Morgan fingerprint density at radius 2 is 1.87 bits per heavy atom. The van der Waals surface area contributed by atoms with Crippen LogP contribution in [0.5, 0.6) is 0 Å². The van der Waals surface area contributed by atoms with E-state index in [0.29, 0.717) is 0 Å². The maximum Gasteiger partial charge on any atom is 0.440 e. The van der Waals surface area contributed by atoms with E-state index in [1.54, 1.807) is 5.59 Å². The third-order valence-corrected chi connectivity index (χ3v) is 2.14. The second-order valence-corrected chi connectivity index (χ2v) is 3.65. The molecule has 0 aliphatic carbocycles. The molecule has 0 radical (unpaired) electrons. The number of hydrogen-bond donors (Lipinski definition) is 1. The van der Waals surface area contributed by atoms with Crippen LogP contribution in [0.4, 0.5) is 14.5 Å². The smallest absolute Gasteiger partial charge is 0.204 e. The summed E-state index contributed by atoms with van der Waals surface area (Å²) in [5.74, 6) is -1.99. The second kappa shape index (κ2) is 3.38. The van der Waals surface area contributed by atoms with E-state index < -0.39 is 27.7 Å². The summed E-state index contributed by atoms with van der Waals surface area (Å²) in [4.78, 5) is 0. The zero-order valence-electron chi connectivity index (χ0n) is 6.98. The highest BCUT2D eigenvalue weighted by Gasteiger charge is 2.32. The largest absolute Gasteiger partial charge is 0.440 e. The highest BCUT2D eigenvalue weighted by atomic mass is 32.3. The fraction of sp³-hybridized carbons (Fsp3) is 0. The van der Waals surface area contributed by atoms with E-state index in [1.807, 2.05) is 0 Å². The molecule has 0 spiro atoms. The number of halogens is 2. The summed E-state index contributed by atoms with van der Waals surface area (Å²) in [5, 5.41) is 0.236. The number of para-hydroxylation sites is 1. The van der Waals surface area contributed by atoms with Crippen molar-refractivity contribution < 1.29 is 25.8 Å². The Balaban J connectivity index is 2.40. The SMILES string of the molecule is O=S1(=O)ONN(c2c(F)cccc2F)O1. The molecule has 0 amide bonds. The van der Waals surface area contributed by atoms with E-state index in [-0.39, 0.29) is 5.17 Å². The average molecular weight is 238 g/mol. The van der Waals surface area contributed by atoms with Gasteiger partial charge in [0.05, 0.1) is 0 Å². The number of benzene rings is 1. The highest BCUT2D eigenvalue weighted by molar-refractivity contribution is 7.82. The van der Waals surface area contributed by atoms with Crippen molar-refractivity contribution in [3.05, 3.63) is 29.8 Å². The number of nitrogens with zero attached hydrogens (tertiary/aromatic N) is 1. The lowest BCUT2D eigenvalue weighted by molar-refractivity contribution is 0.193. The molecule has 82 valence electrons. The Hall–Kier alpha value is -1.29. The molecule has 1 saturated heterocycles. The number of hydrazine groups is 1. The quantitative estimate of drug-likeness (QED) is 0.763. The van der Waals surface area contributed by atoms with Crippen molar-refractivity contribution in [3.63, 3.8) is 0 Å². The fourth-order valence-electron chi connectivity index (χ4n) is 0.967. The van der Waals surface area contributed by atoms with Gasteiger partial charge >= 0.3 is 10.4 Å². The third kappa shape index (κ3) is 1.90. The van der Waals surface area contributed by atoms with Crippen LogP contribution in [0.15, 0.2) is 18.2 Å². The monoisotopic (exact) mass is 238 g/mol. The molecule has 0 unspecified atom stereocenters. The van der Waals surface area contributed by atoms with Gasteiger partial charge in [-0.3, -0.25) is 0 Å². The molecule has 0 atom stereocenters. The van der Waals surface area contributed by atoms with E-state index in [4.69, 9.17) is 0 Å². The van der Waals surface area contributed by atoms with Crippen molar-refractivity contribution >= 4 is 16.1 Å². The van der Waals surface area contributed by atoms with Gasteiger partial charge < -0.3 is 0 Å². The summed E-state index contributed by atoms with van der Waals surface area (Å²) in [6, 6.07) is 3.00. The van der Waals surface area contributed by atoms with Gasteiger partial charge in [0.1, 0.15) is 0 Å². The fourth-order valence-corrected chi connectivity index (χ4v) is 1.44. The lowest BCUT2D eigenvalue weighted by Crippen LogP contribution is -2.30. The van der Waals surface area contributed by atoms with Crippen LogP contribution in [0.3, 0.4) is 0 Å². The van der Waals surface area contributed by atoms with Gasteiger partial charge in [-0.2, -0.15) is 8.42 Å². The van der Waals surface area contributed by atoms with Crippen molar-refractivity contribution in [2.24, 2.45) is 0 Å². The average Bonchev–Trinajstić information content (AvgIpc) is 2.46. The first-order chi connectivity index (χ1) is 6.99. The molecule has 15 heavy (non-hydrogen) atoms. The minimum absolute atomic E-state index is 0.236. The van der Waals surface area contributed by atoms with Gasteiger partial charge in [0.25, 0.3) is 0 Å². The molecule has 0 saturated carbocycles. The summed E-state index contributed by atoms with van der Waals surface area (Å²) in [6.07, 6.45) is 0. The molecule has 0 aromatic heterocycles. The van der Waals surface area contributed by atoms with Gasteiger partial charge in [0, 0.05) is 0 Å². The molecule has 0 bridgehead atoms. The van der Waals surface area contributed by atoms with Crippen LogP contribution in [0, 0.1) is 11.6 Å². The lowest BCUT2D eigenvalue weighted by atomic mass is 10.3. The van der Waals surface area contributed by atoms with E-state index in [9.17, 15) is 17.2 Å². The molecule has 1 aromatic rings. The molecular weight excluding hydrogens is 234 g/mol. The summed E-state index contributed by atoms with van der Waals surface area (Å²) in [5.41, 5.74) is 0.978. The van der Waals surface area contributed by atoms with Crippen LogP contribution in [-0.4, -0.2) is 8.42 Å². The van der Waals surface area contributed by atoms with E-state index in [0.717, 1.165) is 18.2 Å². The number of rotatable bonds is 1. The van der Waals surface area contributed by atoms with Gasteiger partial charge in [-0.25, -0.2) is 8.78 Å². The van der Waals surface area contributed by atoms with Gasteiger partial charge in [-0.05, 0) is 12.1 Å². The standard InChI is InChI=1S/C6H4F2N2O4S/c7-4-2-1-3-5(8)6(4)10-9-13-15(11,12)14-10/h1-3,9H. The van der Waals surface area contributed by atoms with E-state index in [2.05, 4.69) is 8.57 Å². The van der Waals surface area contributed by atoms with Crippen molar-refractivity contribution in [1.82, 2.24) is 5.59 Å². The Morgan fingerprint density at radius 3 is 2.33 bits per heavy atom. The van der Waals surface area contributed by atoms with Crippen molar-refractivity contribution in [1.29, 1.82) is 0 Å². The summed E-state index contributed by atoms with van der Waals surface area (Å²) >= 11 is 0. The molecule has 1 aliphatic heterocycles. The Morgan fingerprint density at radius 1 is 1.27 bits per heavy atom. The van der Waals surface area contributed by atoms with Crippen LogP contribution in [0.25, 0.3) is 0 Å². The first kappa shape index (κ1) is 10.2. The van der Waals surface area contributed by atoms with Crippen molar-refractivity contribution in [3.8, 4) is 0 Å². The Labute approximate surface area is 83.2 Å². The van der Waals surface area contributed by atoms with Gasteiger partial charge in [0.15, 0.2) is 17.3 Å². The lowest BCUT2D eigenvalue weighted by Gasteiger charge is -2.12. The first-order valence-electron chi connectivity index (χ1n) is 3.62. The molecule has 2 rings (SSSR count). The summed E-state index contributed by atoms with van der Waals surface area (Å²) < 4.78 is 55.5. The van der Waals surface area contributed by atoms with Crippen LogP contribution in [0.1, 0.15) is 0 Å². The third-order valence-electron chi connectivity index (χ3n) is 1.53. The van der Waals surface area contributed by atoms with Gasteiger partial charge in [-0.15, -0.1) is 13.7 Å². The first-order valence-corrected chi connectivity index (χ1v) is 4.96. The molecule has 1 fully saturated rings. The molecule has 1 N–H and O–H groups in total. The number of nitrogens with one attached hydrogen (secondary N) is 1. The predicted molar refractivity (Wildman–Crippen MR) is 43.1 cm³/mol. The van der Waals surface area contributed by atoms with Crippen LogP contribution < -0.4 is 10.8 Å². The van der Waals surface area contributed by atoms with Crippen LogP contribution >= 0.6 is 0 Å². The number of hydrogen-bond acceptors (Lipinski definition) is 6. The number of anilines is 1. The maximum atomic E-state index is 13.1. The predicted octanol–water partition coefficient (Wildman–Crippen LogP) is 0.397. The topological polar surface area (TPSA) is 67.9 Å². The van der Waals surface area contributed by atoms with Crippen LogP contribution in [-0.2, 0) is 19.0 Å². The minimum atomic E-state index is -4.30. The summed E-state index contributed by atoms with van der Waals surface area (Å²) in [6.45, 7) is 0. The maximum absolute atomic E-state index is 13.1. The molecule has 1 aromatic carbocycles. The molecular formula is C6H4F2N2O4S. The van der Waals surface area contributed by atoms with Crippen LogP contribution in [0.2, 0.25) is 0 Å². The molecule has 1 heterocycles. The zero-order chi connectivity index (χ0) is 11.1. The van der Waals surface area contributed by atoms with Gasteiger partial charge in [-0.1, -0.05) is 11.7 Å². The normalized spacial score (nSPS) is 19.5. The minimum Gasteiger partial charge on any atom is -0.204 e.